The van der Waals surface area contributed by atoms with Crippen molar-refractivity contribution in [1.82, 2.24) is 0 Å². The molecule has 0 spiro atoms. The first kappa shape index (κ1) is 12.4. The molecule has 15 heavy (non-hydrogen) atoms. The van der Waals surface area contributed by atoms with Gasteiger partial charge in [0.15, 0.2) is 0 Å². The van der Waals surface area contributed by atoms with Crippen LogP contribution >= 0.6 is 11.6 Å². The van der Waals surface area contributed by atoms with E-state index in [9.17, 15) is 4.39 Å². The summed E-state index contributed by atoms with van der Waals surface area (Å²) in [6, 6.07) is 4.55. The van der Waals surface area contributed by atoms with E-state index in [-0.39, 0.29) is 18.5 Å². The van der Waals surface area contributed by atoms with Crippen LogP contribution in [0.25, 0.3) is 0 Å². The lowest BCUT2D eigenvalue weighted by Gasteiger charge is -2.20. The number of nitrogens with two attached hydrogens (primary N) is 1. The lowest BCUT2D eigenvalue weighted by Crippen LogP contribution is -2.20. The Morgan fingerprint density at radius 2 is 2.13 bits per heavy atom. The molecule has 0 fully saturated rings. The molecular formula is C11H15ClFNO. The number of hydrogen-bond acceptors (Lipinski definition) is 2. The normalized spacial score (nSPS) is 13.2. The summed E-state index contributed by atoms with van der Waals surface area (Å²) in [7, 11) is 0. The minimum atomic E-state index is -0.487. The van der Waals surface area contributed by atoms with Gasteiger partial charge in [-0.25, -0.2) is 4.39 Å². The maximum absolute atomic E-state index is 13.5. The second kappa shape index (κ2) is 5.45. The van der Waals surface area contributed by atoms with Crippen molar-refractivity contribution in [2.24, 2.45) is 5.73 Å². The van der Waals surface area contributed by atoms with Crippen molar-refractivity contribution >= 4 is 11.6 Å². The van der Waals surface area contributed by atoms with Gasteiger partial charge in [0, 0.05) is 17.1 Å². The zero-order chi connectivity index (χ0) is 11.4. The van der Waals surface area contributed by atoms with E-state index in [0.717, 1.165) is 0 Å². The van der Waals surface area contributed by atoms with Crippen LogP contribution in [0, 0.1) is 5.82 Å². The number of hydrogen-bond donors (Lipinski definition) is 1. The van der Waals surface area contributed by atoms with E-state index in [4.69, 9.17) is 22.1 Å². The third-order valence-electron chi connectivity index (χ3n) is 1.97. The quantitative estimate of drug-likeness (QED) is 0.865. The Morgan fingerprint density at radius 3 is 2.60 bits per heavy atom. The van der Waals surface area contributed by atoms with Gasteiger partial charge in [0.1, 0.15) is 5.82 Å². The van der Waals surface area contributed by atoms with Gasteiger partial charge in [-0.3, -0.25) is 0 Å². The van der Waals surface area contributed by atoms with Gasteiger partial charge in [-0.15, -0.1) is 0 Å². The molecule has 1 unspecified atom stereocenters. The molecule has 1 aromatic carbocycles. The van der Waals surface area contributed by atoms with E-state index in [2.05, 4.69) is 0 Å². The molecule has 0 aliphatic carbocycles. The van der Waals surface area contributed by atoms with E-state index < -0.39 is 6.10 Å². The maximum Gasteiger partial charge on any atom is 0.130 e. The highest BCUT2D eigenvalue weighted by Gasteiger charge is 2.19. The molecule has 0 aliphatic rings. The zero-order valence-corrected chi connectivity index (χ0v) is 9.59. The number of rotatable bonds is 4. The first-order chi connectivity index (χ1) is 7.06. The fraction of sp³-hybridized carbons (Fsp3) is 0.455. The molecule has 0 saturated heterocycles. The van der Waals surface area contributed by atoms with Gasteiger partial charge >= 0.3 is 0 Å². The molecule has 1 aromatic rings. The SMILES string of the molecule is CC(C)OC(CN)c1c(F)cccc1Cl. The lowest BCUT2D eigenvalue weighted by molar-refractivity contribution is 0.0101. The van der Waals surface area contributed by atoms with Gasteiger partial charge in [0.2, 0.25) is 0 Å². The van der Waals surface area contributed by atoms with Gasteiger partial charge in [-0.05, 0) is 26.0 Å². The number of ether oxygens (including phenoxy) is 1. The van der Waals surface area contributed by atoms with Gasteiger partial charge in [0.25, 0.3) is 0 Å². The van der Waals surface area contributed by atoms with Crippen LogP contribution in [0.3, 0.4) is 0 Å². The molecule has 84 valence electrons. The third kappa shape index (κ3) is 3.16. The average molecular weight is 232 g/mol. The largest absolute Gasteiger partial charge is 0.369 e. The minimum Gasteiger partial charge on any atom is -0.369 e. The molecule has 0 aliphatic heterocycles. The van der Waals surface area contributed by atoms with Crippen molar-refractivity contribution in [3.05, 3.63) is 34.6 Å². The molecular weight excluding hydrogens is 217 g/mol. The van der Waals surface area contributed by atoms with Crippen molar-refractivity contribution in [3.8, 4) is 0 Å². The highest BCUT2D eigenvalue weighted by molar-refractivity contribution is 6.31. The third-order valence-corrected chi connectivity index (χ3v) is 2.30. The van der Waals surface area contributed by atoms with E-state index in [1.807, 2.05) is 13.8 Å². The van der Waals surface area contributed by atoms with Crippen LogP contribution in [-0.2, 0) is 4.74 Å². The fourth-order valence-corrected chi connectivity index (χ4v) is 1.67. The van der Waals surface area contributed by atoms with Crippen LogP contribution in [0.2, 0.25) is 5.02 Å². The average Bonchev–Trinajstić information content (AvgIpc) is 2.15. The first-order valence-corrected chi connectivity index (χ1v) is 5.23. The molecule has 4 heteroatoms. The molecule has 1 atom stereocenters. The molecule has 0 aromatic heterocycles. The van der Waals surface area contributed by atoms with Gasteiger partial charge in [-0.1, -0.05) is 17.7 Å². The Morgan fingerprint density at radius 1 is 1.47 bits per heavy atom. The van der Waals surface area contributed by atoms with Crippen LogP contribution in [0.5, 0.6) is 0 Å². The first-order valence-electron chi connectivity index (χ1n) is 4.85. The Balaban J connectivity index is 3.00. The van der Waals surface area contributed by atoms with Crippen LogP contribution in [-0.4, -0.2) is 12.6 Å². The van der Waals surface area contributed by atoms with Crippen molar-refractivity contribution in [2.75, 3.05) is 6.54 Å². The van der Waals surface area contributed by atoms with E-state index in [1.165, 1.54) is 6.07 Å². The van der Waals surface area contributed by atoms with E-state index in [0.29, 0.717) is 10.6 Å². The Kier molecular flexibility index (Phi) is 4.51. The van der Waals surface area contributed by atoms with E-state index >= 15 is 0 Å². The summed E-state index contributed by atoms with van der Waals surface area (Å²) in [6.45, 7) is 3.95. The monoisotopic (exact) mass is 231 g/mol. The molecule has 0 saturated carbocycles. The maximum atomic E-state index is 13.5. The summed E-state index contributed by atoms with van der Waals surface area (Å²) in [5, 5.41) is 0.353. The smallest absolute Gasteiger partial charge is 0.130 e. The predicted octanol–water partition coefficient (Wildman–Crippen LogP) is 2.90. The van der Waals surface area contributed by atoms with Crippen molar-refractivity contribution < 1.29 is 9.13 Å². The number of benzene rings is 1. The Labute approximate surface area is 94.2 Å². The summed E-state index contributed by atoms with van der Waals surface area (Å²) < 4.78 is 19.0. The highest BCUT2D eigenvalue weighted by Crippen LogP contribution is 2.28. The van der Waals surface area contributed by atoms with Gasteiger partial charge in [-0.2, -0.15) is 0 Å². The Bertz CT molecular complexity index is 310. The summed E-state index contributed by atoms with van der Waals surface area (Å²) in [5.74, 6) is -0.376. The summed E-state index contributed by atoms with van der Waals surface area (Å²) >= 11 is 5.91. The summed E-state index contributed by atoms with van der Waals surface area (Å²) in [5.41, 5.74) is 5.88. The Hall–Kier alpha value is -0.640. The second-order valence-electron chi connectivity index (χ2n) is 3.54. The summed E-state index contributed by atoms with van der Waals surface area (Å²) in [6.07, 6.45) is -0.507. The van der Waals surface area contributed by atoms with E-state index in [1.54, 1.807) is 12.1 Å². The van der Waals surface area contributed by atoms with Crippen molar-refractivity contribution in [1.29, 1.82) is 0 Å². The molecule has 2 N–H and O–H groups in total. The topological polar surface area (TPSA) is 35.2 Å². The highest BCUT2D eigenvalue weighted by atomic mass is 35.5. The second-order valence-corrected chi connectivity index (χ2v) is 3.95. The molecule has 1 rings (SSSR count). The van der Waals surface area contributed by atoms with Crippen LogP contribution in [0.4, 0.5) is 4.39 Å². The molecule has 2 nitrogen and oxygen atoms in total. The van der Waals surface area contributed by atoms with Crippen molar-refractivity contribution in [3.63, 3.8) is 0 Å². The van der Waals surface area contributed by atoms with Gasteiger partial charge in [0.05, 0.1) is 12.2 Å². The standard InChI is InChI=1S/C11H15ClFNO/c1-7(2)15-10(6-14)11-8(12)4-3-5-9(11)13/h3-5,7,10H,6,14H2,1-2H3. The molecule has 0 amide bonds. The molecule has 0 bridgehead atoms. The molecule has 0 radical (unpaired) electrons. The van der Waals surface area contributed by atoms with Gasteiger partial charge < -0.3 is 10.5 Å². The predicted molar refractivity (Wildman–Crippen MR) is 59.4 cm³/mol. The van der Waals surface area contributed by atoms with Crippen molar-refractivity contribution in [2.45, 2.75) is 26.1 Å². The van der Waals surface area contributed by atoms with Crippen LogP contribution in [0.1, 0.15) is 25.5 Å². The number of halogens is 2. The van der Waals surface area contributed by atoms with Crippen LogP contribution in [0.15, 0.2) is 18.2 Å². The summed E-state index contributed by atoms with van der Waals surface area (Å²) in [4.78, 5) is 0. The van der Waals surface area contributed by atoms with Crippen LogP contribution < -0.4 is 5.73 Å². The fourth-order valence-electron chi connectivity index (χ4n) is 1.39. The molecule has 0 heterocycles. The lowest BCUT2D eigenvalue weighted by atomic mass is 10.1. The minimum absolute atomic E-state index is 0.0192. The zero-order valence-electron chi connectivity index (χ0n) is 8.84.